The van der Waals surface area contributed by atoms with E-state index >= 15 is 0 Å². The van der Waals surface area contributed by atoms with Crippen molar-refractivity contribution in [3.05, 3.63) is 0 Å². The predicted octanol–water partition coefficient (Wildman–Crippen LogP) is -1.06. The van der Waals surface area contributed by atoms with Gasteiger partial charge in [-0.25, -0.2) is 0 Å². The standard InChI is InChI=1S/C11H20N2O3/c14-9-6-13(7-10(9)15)11(16)4-8-2-1-3-12-5-8/h8-10,12,14-15H,1-7H2. The van der Waals surface area contributed by atoms with Gasteiger partial charge < -0.3 is 20.4 Å². The molecule has 0 aromatic rings. The molecular formula is C11H20N2O3. The highest BCUT2D eigenvalue weighted by Gasteiger charge is 2.33. The Kier molecular flexibility index (Phi) is 3.78. The highest BCUT2D eigenvalue weighted by molar-refractivity contribution is 5.77. The monoisotopic (exact) mass is 228 g/mol. The van der Waals surface area contributed by atoms with Gasteiger partial charge in [0.15, 0.2) is 0 Å². The van der Waals surface area contributed by atoms with Gasteiger partial charge in [0.1, 0.15) is 0 Å². The summed E-state index contributed by atoms with van der Waals surface area (Å²) in [4.78, 5) is 13.5. The molecule has 5 nitrogen and oxygen atoms in total. The summed E-state index contributed by atoms with van der Waals surface area (Å²) in [6.45, 7) is 2.51. The van der Waals surface area contributed by atoms with Crippen molar-refractivity contribution in [3.63, 3.8) is 0 Å². The Balaban J connectivity index is 1.79. The summed E-state index contributed by atoms with van der Waals surface area (Å²) in [6.07, 6.45) is 1.22. The summed E-state index contributed by atoms with van der Waals surface area (Å²) < 4.78 is 0. The maximum atomic E-state index is 11.9. The van der Waals surface area contributed by atoms with Gasteiger partial charge in [0.05, 0.1) is 12.2 Å². The van der Waals surface area contributed by atoms with Gasteiger partial charge in [-0.05, 0) is 31.8 Å². The molecule has 1 amide bonds. The number of nitrogens with zero attached hydrogens (tertiary/aromatic N) is 1. The second kappa shape index (κ2) is 5.12. The number of amides is 1. The minimum Gasteiger partial charge on any atom is -0.388 e. The number of nitrogens with one attached hydrogen (secondary N) is 1. The molecule has 16 heavy (non-hydrogen) atoms. The molecule has 92 valence electrons. The van der Waals surface area contributed by atoms with E-state index < -0.39 is 12.2 Å². The summed E-state index contributed by atoms with van der Waals surface area (Å²) in [5.74, 6) is 0.473. The molecule has 2 heterocycles. The topological polar surface area (TPSA) is 72.8 Å². The molecule has 3 unspecified atom stereocenters. The molecule has 0 aromatic heterocycles. The Labute approximate surface area is 95.4 Å². The van der Waals surface area contributed by atoms with Crippen molar-refractivity contribution >= 4 is 5.91 Å². The summed E-state index contributed by atoms with van der Waals surface area (Å²) >= 11 is 0. The van der Waals surface area contributed by atoms with Crippen molar-refractivity contribution in [2.45, 2.75) is 31.5 Å². The highest BCUT2D eigenvalue weighted by atomic mass is 16.3. The second-order valence-corrected chi connectivity index (χ2v) is 4.85. The fraction of sp³-hybridized carbons (Fsp3) is 0.909. The van der Waals surface area contributed by atoms with Crippen molar-refractivity contribution in [3.8, 4) is 0 Å². The molecule has 0 saturated carbocycles. The third-order valence-electron chi connectivity index (χ3n) is 3.47. The maximum absolute atomic E-state index is 11.9. The van der Waals surface area contributed by atoms with E-state index in [-0.39, 0.29) is 19.0 Å². The van der Waals surface area contributed by atoms with Gasteiger partial charge in [0, 0.05) is 19.5 Å². The molecule has 3 N–H and O–H groups in total. The number of β-amino-alcohol motifs (C(OH)–C–C–N with tert-alkyl or cyclic N) is 2. The Morgan fingerprint density at radius 1 is 1.31 bits per heavy atom. The van der Waals surface area contributed by atoms with Gasteiger partial charge in [-0.2, -0.15) is 0 Å². The van der Waals surface area contributed by atoms with Crippen LogP contribution in [-0.4, -0.2) is 59.4 Å². The summed E-state index contributed by atoms with van der Waals surface area (Å²) in [5, 5.41) is 22.0. The number of aliphatic hydroxyl groups is 2. The van der Waals surface area contributed by atoms with Crippen molar-refractivity contribution in [2.75, 3.05) is 26.2 Å². The Morgan fingerprint density at radius 3 is 2.56 bits per heavy atom. The number of likely N-dealkylation sites (tertiary alicyclic amines) is 1. The molecule has 5 heteroatoms. The van der Waals surface area contributed by atoms with Crippen LogP contribution in [0.1, 0.15) is 19.3 Å². The van der Waals surface area contributed by atoms with Crippen LogP contribution in [0.2, 0.25) is 0 Å². The first kappa shape index (κ1) is 11.8. The van der Waals surface area contributed by atoms with Gasteiger partial charge in [-0.3, -0.25) is 4.79 Å². The van der Waals surface area contributed by atoms with Crippen LogP contribution < -0.4 is 5.32 Å². The number of carbonyl (C=O) groups is 1. The minimum absolute atomic E-state index is 0.0595. The lowest BCUT2D eigenvalue weighted by molar-refractivity contribution is -0.131. The lowest BCUT2D eigenvalue weighted by Crippen LogP contribution is -2.36. The average molecular weight is 228 g/mol. The van der Waals surface area contributed by atoms with E-state index in [2.05, 4.69) is 5.32 Å². The summed E-state index contributed by atoms with van der Waals surface area (Å²) in [6, 6.07) is 0. The van der Waals surface area contributed by atoms with E-state index in [9.17, 15) is 15.0 Å². The molecule has 2 fully saturated rings. The maximum Gasteiger partial charge on any atom is 0.223 e. The summed E-state index contributed by atoms with van der Waals surface area (Å²) in [7, 11) is 0. The van der Waals surface area contributed by atoms with Crippen LogP contribution in [0.4, 0.5) is 0 Å². The van der Waals surface area contributed by atoms with E-state index in [4.69, 9.17) is 0 Å². The van der Waals surface area contributed by atoms with E-state index in [1.165, 1.54) is 0 Å². The van der Waals surface area contributed by atoms with Gasteiger partial charge in [0.2, 0.25) is 5.91 Å². The van der Waals surface area contributed by atoms with E-state index in [1.807, 2.05) is 0 Å². The van der Waals surface area contributed by atoms with E-state index in [0.29, 0.717) is 12.3 Å². The fourth-order valence-electron chi connectivity index (χ4n) is 2.45. The van der Waals surface area contributed by atoms with Crippen molar-refractivity contribution in [1.82, 2.24) is 10.2 Å². The third-order valence-corrected chi connectivity index (χ3v) is 3.47. The first-order valence-electron chi connectivity index (χ1n) is 6.01. The largest absolute Gasteiger partial charge is 0.388 e. The molecule has 0 bridgehead atoms. The average Bonchev–Trinajstić information content (AvgIpc) is 2.61. The van der Waals surface area contributed by atoms with Crippen LogP contribution >= 0.6 is 0 Å². The second-order valence-electron chi connectivity index (χ2n) is 4.85. The molecule has 2 rings (SSSR count). The third kappa shape index (κ3) is 2.72. The molecule has 0 aromatic carbocycles. The van der Waals surface area contributed by atoms with Gasteiger partial charge in [-0.1, -0.05) is 0 Å². The lowest BCUT2D eigenvalue weighted by Gasteiger charge is -2.24. The highest BCUT2D eigenvalue weighted by Crippen LogP contribution is 2.18. The quantitative estimate of drug-likeness (QED) is 0.563. The number of hydrogen-bond acceptors (Lipinski definition) is 4. The number of aliphatic hydroxyl groups excluding tert-OH is 2. The minimum atomic E-state index is -0.770. The molecule has 3 atom stereocenters. The molecule has 0 radical (unpaired) electrons. The number of hydrogen-bond donors (Lipinski definition) is 3. The molecule has 2 aliphatic heterocycles. The molecule has 0 aliphatic carbocycles. The summed E-state index contributed by atoms with van der Waals surface area (Å²) in [5.41, 5.74) is 0. The van der Waals surface area contributed by atoms with Crippen LogP contribution in [0.15, 0.2) is 0 Å². The zero-order valence-corrected chi connectivity index (χ0v) is 9.43. The van der Waals surface area contributed by atoms with E-state index in [1.54, 1.807) is 4.90 Å². The zero-order valence-electron chi connectivity index (χ0n) is 9.43. The van der Waals surface area contributed by atoms with Crippen LogP contribution in [0.3, 0.4) is 0 Å². The Bertz CT molecular complexity index is 244. The molecule has 2 saturated heterocycles. The molecular weight excluding hydrogens is 208 g/mol. The number of piperidine rings is 1. The predicted molar refractivity (Wildman–Crippen MR) is 58.8 cm³/mol. The smallest absolute Gasteiger partial charge is 0.223 e. The van der Waals surface area contributed by atoms with Gasteiger partial charge in [0.25, 0.3) is 0 Å². The zero-order chi connectivity index (χ0) is 11.5. The van der Waals surface area contributed by atoms with E-state index in [0.717, 1.165) is 25.9 Å². The Morgan fingerprint density at radius 2 is 2.00 bits per heavy atom. The molecule has 0 spiro atoms. The number of carbonyl (C=O) groups excluding carboxylic acids is 1. The van der Waals surface area contributed by atoms with Crippen molar-refractivity contribution < 1.29 is 15.0 Å². The first-order chi connectivity index (χ1) is 7.66. The van der Waals surface area contributed by atoms with Crippen molar-refractivity contribution in [1.29, 1.82) is 0 Å². The lowest BCUT2D eigenvalue weighted by atomic mass is 9.96. The SMILES string of the molecule is O=C(CC1CCCNC1)N1CC(O)C(O)C1. The van der Waals surface area contributed by atoms with Crippen LogP contribution in [0, 0.1) is 5.92 Å². The molecule has 2 aliphatic rings. The van der Waals surface area contributed by atoms with Crippen LogP contribution in [0.5, 0.6) is 0 Å². The Hall–Kier alpha value is -0.650. The van der Waals surface area contributed by atoms with Crippen LogP contribution in [-0.2, 0) is 4.79 Å². The van der Waals surface area contributed by atoms with Gasteiger partial charge >= 0.3 is 0 Å². The van der Waals surface area contributed by atoms with Gasteiger partial charge in [-0.15, -0.1) is 0 Å². The normalized spacial score (nSPS) is 35.4. The van der Waals surface area contributed by atoms with Crippen molar-refractivity contribution in [2.24, 2.45) is 5.92 Å². The van der Waals surface area contributed by atoms with Crippen LogP contribution in [0.25, 0.3) is 0 Å². The number of rotatable bonds is 2. The fourth-order valence-corrected chi connectivity index (χ4v) is 2.45. The first-order valence-corrected chi connectivity index (χ1v) is 6.01.